The van der Waals surface area contributed by atoms with Crippen LogP contribution in [0.15, 0.2) is 58.7 Å². The number of fused-ring (bicyclic) bond motifs is 1. The summed E-state index contributed by atoms with van der Waals surface area (Å²) in [4.78, 5) is 23.5. The highest BCUT2D eigenvalue weighted by molar-refractivity contribution is 6.03. The number of benzene rings is 1. The fourth-order valence-corrected chi connectivity index (χ4v) is 2.36. The Morgan fingerprint density at radius 3 is 2.95 bits per heavy atom. The van der Waals surface area contributed by atoms with Crippen molar-refractivity contribution in [3.05, 3.63) is 59.9 Å². The van der Waals surface area contributed by atoms with E-state index in [0.29, 0.717) is 22.8 Å². The molecule has 1 atom stereocenters. The zero-order chi connectivity index (χ0) is 14.7. The number of aldehydes is 1. The molecule has 0 radical (unpaired) electrons. The van der Waals surface area contributed by atoms with Crippen molar-refractivity contribution in [3.63, 3.8) is 0 Å². The van der Waals surface area contributed by atoms with E-state index in [4.69, 9.17) is 9.15 Å². The number of ether oxygens (including phenoxy) is 1. The molecule has 1 aromatic heterocycles. The third kappa shape index (κ3) is 2.65. The molecule has 1 aliphatic rings. The number of allylic oxidation sites excluding steroid dienone is 3. The maximum Gasteiger partial charge on any atom is 0.343 e. The van der Waals surface area contributed by atoms with Crippen LogP contribution in [0, 0.1) is 0 Å². The van der Waals surface area contributed by atoms with E-state index in [1.807, 2.05) is 30.4 Å². The lowest BCUT2D eigenvalue weighted by Gasteiger charge is -2.16. The Hall–Kier alpha value is -2.62. The Bertz CT molecular complexity index is 736. The Morgan fingerprint density at radius 2 is 2.19 bits per heavy atom. The molecule has 0 saturated carbocycles. The first kappa shape index (κ1) is 13.4. The Balaban J connectivity index is 1.83. The number of para-hydroxylation sites is 1. The van der Waals surface area contributed by atoms with Crippen LogP contribution in [0.25, 0.3) is 11.0 Å². The molecular formula is C17H14O4. The molecule has 106 valence electrons. The highest BCUT2D eigenvalue weighted by Gasteiger charge is 2.22. The first-order valence-corrected chi connectivity index (χ1v) is 6.77. The van der Waals surface area contributed by atoms with E-state index >= 15 is 0 Å². The Labute approximate surface area is 121 Å². The van der Waals surface area contributed by atoms with Gasteiger partial charge in [0.2, 0.25) is 0 Å². The molecule has 4 heteroatoms. The van der Waals surface area contributed by atoms with Gasteiger partial charge in [-0.3, -0.25) is 4.79 Å². The molecule has 0 bridgehead atoms. The minimum Gasteiger partial charge on any atom is -0.463 e. The second kappa shape index (κ2) is 5.79. The lowest BCUT2D eigenvalue weighted by atomic mass is 10.0. The molecule has 4 nitrogen and oxygen atoms in total. The van der Waals surface area contributed by atoms with Crippen LogP contribution in [0.3, 0.4) is 0 Å². The molecule has 3 rings (SSSR count). The second-order valence-corrected chi connectivity index (χ2v) is 4.82. The average Bonchev–Trinajstić information content (AvgIpc) is 2.97. The number of hydrogen-bond acceptors (Lipinski definition) is 4. The van der Waals surface area contributed by atoms with E-state index in [1.54, 1.807) is 12.1 Å². The van der Waals surface area contributed by atoms with Gasteiger partial charge in [-0.05, 0) is 24.5 Å². The van der Waals surface area contributed by atoms with Gasteiger partial charge in [0.15, 0.2) is 12.4 Å². The zero-order valence-electron chi connectivity index (χ0n) is 11.3. The van der Waals surface area contributed by atoms with E-state index < -0.39 is 12.1 Å². The molecular weight excluding hydrogens is 268 g/mol. The molecule has 1 unspecified atom stereocenters. The summed E-state index contributed by atoms with van der Waals surface area (Å²) < 4.78 is 10.6. The van der Waals surface area contributed by atoms with Crippen LogP contribution in [-0.2, 0) is 9.53 Å². The fourth-order valence-electron chi connectivity index (χ4n) is 2.36. The molecule has 0 aliphatic heterocycles. The molecule has 1 aliphatic carbocycles. The summed E-state index contributed by atoms with van der Waals surface area (Å²) in [5.41, 5.74) is 1.77. The number of furan rings is 1. The smallest absolute Gasteiger partial charge is 0.343 e. The van der Waals surface area contributed by atoms with Gasteiger partial charge in [-0.25, -0.2) is 4.79 Å². The van der Waals surface area contributed by atoms with Gasteiger partial charge >= 0.3 is 5.97 Å². The number of esters is 1. The largest absolute Gasteiger partial charge is 0.463 e. The second-order valence-electron chi connectivity index (χ2n) is 4.82. The van der Waals surface area contributed by atoms with E-state index in [2.05, 4.69) is 0 Å². The van der Waals surface area contributed by atoms with Gasteiger partial charge in [0, 0.05) is 5.39 Å². The summed E-state index contributed by atoms with van der Waals surface area (Å²) in [6.07, 6.45) is 8.46. The predicted octanol–water partition coefficient (Wildman–Crippen LogP) is 3.43. The van der Waals surface area contributed by atoms with Crippen molar-refractivity contribution in [1.82, 2.24) is 0 Å². The zero-order valence-corrected chi connectivity index (χ0v) is 11.3. The summed E-state index contributed by atoms with van der Waals surface area (Å²) in [5.74, 6) is -0.549. The summed E-state index contributed by atoms with van der Waals surface area (Å²) >= 11 is 0. The van der Waals surface area contributed by atoms with Crippen LogP contribution in [0.2, 0.25) is 0 Å². The number of hydrogen-bond donors (Lipinski definition) is 0. The molecule has 0 amide bonds. The van der Waals surface area contributed by atoms with Gasteiger partial charge in [-0.15, -0.1) is 0 Å². The third-order valence-corrected chi connectivity index (χ3v) is 3.47. The predicted molar refractivity (Wildman–Crippen MR) is 77.9 cm³/mol. The van der Waals surface area contributed by atoms with E-state index in [9.17, 15) is 9.59 Å². The molecule has 1 aromatic carbocycles. The van der Waals surface area contributed by atoms with Gasteiger partial charge in [-0.1, -0.05) is 36.4 Å². The SMILES string of the molecule is O=CC(OC(=O)c1coc2ccccc12)C1=CC=CCC1. The van der Waals surface area contributed by atoms with Gasteiger partial charge in [0.1, 0.15) is 17.4 Å². The van der Waals surface area contributed by atoms with Crippen LogP contribution >= 0.6 is 0 Å². The molecule has 0 spiro atoms. The first-order chi connectivity index (χ1) is 10.3. The molecule has 0 N–H and O–H groups in total. The van der Waals surface area contributed by atoms with E-state index in [1.165, 1.54) is 6.26 Å². The molecule has 2 aromatic rings. The number of rotatable bonds is 4. The molecule has 0 saturated heterocycles. The molecule has 21 heavy (non-hydrogen) atoms. The van der Waals surface area contributed by atoms with Crippen molar-refractivity contribution in [3.8, 4) is 0 Å². The number of carbonyl (C=O) groups is 2. The summed E-state index contributed by atoms with van der Waals surface area (Å²) in [6.45, 7) is 0. The van der Waals surface area contributed by atoms with Gasteiger partial charge in [0.05, 0.1) is 0 Å². The molecule has 0 fully saturated rings. The normalized spacial score (nSPS) is 15.5. The van der Waals surface area contributed by atoms with Crippen LogP contribution in [-0.4, -0.2) is 18.4 Å². The van der Waals surface area contributed by atoms with Crippen molar-refractivity contribution >= 4 is 23.2 Å². The highest BCUT2D eigenvalue weighted by atomic mass is 16.5. The van der Waals surface area contributed by atoms with Crippen molar-refractivity contribution in [2.45, 2.75) is 18.9 Å². The van der Waals surface area contributed by atoms with Gasteiger partial charge < -0.3 is 9.15 Å². The highest BCUT2D eigenvalue weighted by Crippen LogP contribution is 2.23. The topological polar surface area (TPSA) is 56.5 Å². The summed E-state index contributed by atoms with van der Waals surface area (Å²) in [6, 6.07) is 7.21. The Kier molecular flexibility index (Phi) is 3.69. The van der Waals surface area contributed by atoms with Gasteiger partial charge in [0.25, 0.3) is 0 Å². The third-order valence-electron chi connectivity index (χ3n) is 3.47. The van der Waals surface area contributed by atoms with Crippen LogP contribution in [0.4, 0.5) is 0 Å². The average molecular weight is 282 g/mol. The van der Waals surface area contributed by atoms with Crippen LogP contribution < -0.4 is 0 Å². The minimum atomic E-state index is -0.837. The minimum absolute atomic E-state index is 0.337. The standard InChI is InChI=1S/C17H14O4/c18-10-16(12-6-2-1-3-7-12)21-17(19)14-11-20-15-9-5-4-8-13(14)15/h1-2,4-6,8-11,16H,3,7H2. The number of carbonyl (C=O) groups excluding carboxylic acids is 2. The van der Waals surface area contributed by atoms with Crippen LogP contribution in [0.5, 0.6) is 0 Å². The molecule has 1 heterocycles. The first-order valence-electron chi connectivity index (χ1n) is 6.77. The quantitative estimate of drug-likeness (QED) is 0.636. The summed E-state index contributed by atoms with van der Waals surface area (Å²) in [7, 11) is 0. The van der Waals surface area contributed by atoms with Crippen molar-refractivity contribution < 1.29 is 18.7 Å². The lowest BCUT2D eigenvalue weighted by molar-refractivity contribution is -0.114. The monoisotopic (exact) mass is 282 g/mol. The van der Waals surface area contributed by atoms with Crippen molar-refractivity contribution in [1.29, 1.82) is 0 Å². The van der Waals surface area contributed by atoms with Crippen LogP contribution in [0.1, 0.15) is 23.2 Å². The maximum absolute atomic E-state index is 12.2. The maximum atomic E-state index is 12.2. The van der Waals surface area contributed by atoms with E-state index in [0.717, 1.165) is 18.4 Å². The fraction of sp³-hybridized carbons (Fsp3) is 0.176. The Morgan fingerprint density at radius 1 is 1.33 bits per heavy atom. The van der Waals surface area contributed by atoms with Crippen molar-refractivity contribution in [2.24, 2.45) is 0 Å². The lowest BCUT2D eigenvalue weighted by Crippen LogP contribution is -2.22. The summed E-state index contributed by atoms with van der Waals surface area (Å²) in [5, 5.41) is 0.685. The van der Waals surface area contributed by atoms with Crippen molar-refractivity contribution in [2.75, 3.05) is 0 Å². The van der Waals surface area contributed by atoms with E-state index in [-0.39, 0.29) is 0 Å². The van der Waals surface area contributed by atoms with Gasteiger partial charge in [-0.2, -0.15) is 0 Å².